The summed E-state index contributed by atoms with van der Waals surface area (Å²) < 4.78 is 4.62. The van der Waals surface area contributed by atoms with Crippen molar-refractivity contribution < 1.29 is 14.3 Å². The van der Waals surface area contributed by atoms with Crippen molar-refractivity contribution in [2.45, 2.75) is 44.6 Å². The molecule has 1 fully saturated rings. The molecule has 1 atom stereocenters. The minimum absolute atomic E-state index is 0.0345. The SMILES string of the molecule is COC(=O)CC1NCCN(CCC[Si](C)(C)C)C1=O. The Hall–Kier alpha value is -0.883. The maximum atomic E-state index is 12.2. The normalized spacial score (nSPS) is 20.5. The van der Waals surface area contributed by atoms with Gasteiger partial charge in [0.05, 0.1) is 19.6 Å². The zero-order chi connectivity index (χ0) is 14.5. The Labute approximate surface area is 116 Å². The number of ether oxygens (including phenoxy) is 1. The van der Waals surface area contributed by atoms with Gasteiger partial charge in [-0.1, -0.05) is 25.7 Å². The molecule has 19 heavy (non-hydrogen) atoms. The van der Waals surface area contributed by atoms with Gasteiger partial charge in [0.25, 0.3) is 0 Å². The van der Waals surface area contributed by atoms with Crippen molar-refractivity contribution in [2.24, 2.45) is 0 Å². The van der Waals surface area contributed by atoms with Crippen molar-refractivity contribution in [3.63, 3.8) is 0 Å². The molecule has 1 unspecified atom stereocenters. The van der Waals surface area contributed by atoms with Crippen molar-refractivity contribution in [1.82, 2.24) is 10.2 Å². The Morgan fingerprint density at radius 2 is 2.16 bits per heavy atom. The van der Waals surface area contributed by atoms with Crippen molar-refractivity contribution >= 4 is 20.0 Å². The fraction of sp³-hybridized carbons (Fsp3) is 0.846. The van der Waals surface area contributed by atoms with Crippen LogP contribution in [0.5, 0.6) is 0 Å². The van der Waals surface area contributed by atoms with E-state index in [0.717, 1.165) is 26.1 Å². The third kappa shape index (κ3) is 5.73. The van der Waals surface area contributed by atoms with Gasteiger partial charge in [-0.2, -0.15) is 0 Å². The molecule has 0 bridgehead atoms. The molecule has 0 radical (unpaired) electrons. The average Bonchev–Trinajstić information content (AvgIpc) is 2.32. The Bertz CT molecular complexity index is 328. The predicted molar refractivity (Wildman–Crippen MR) is 77.8 cm³/mol. The molecule has 0 saturated carbocycles. The maximum absolute atomic E-state index is 12.2. The van der Waals surface area contributed by atoms with Crippen LogP contribution in [0.1, 0.15) is 12.8 Å². The lowest BCUT2D eigenvalue weighted by Crippen LogP contribution is -2.55. The van der Waals surface area contributed by atoms with E-state index in [1.165, 1.54) is 13.2 Å². The quantitative estimate of drug-likeness (QED) is 0.586. The molecule has 1 saturated heterocycles. The molecule has 0 aliphatic carbocycles. The summed E-state index contributed by atoms with van der Waals surface area (Å²) in [5, 5.41) is 3.09. The van der Waals surface area contributed by atoms with Gasteiger partial charge < -0.3 is 15.0 Å². The molecule has 1 rings (SSSR count). The smallest absolute Gasteiger partial charge is 0.307 e. The van der Waals surface area contributed by atoms with Crippen LogP contribution in [0, 0.1) is 0 Å². The number of esters is 1. The highest BCUT2D eigenvalue weighted by molar-refractivity contribution is 6.76. The van der Waals surface area contributed by atoms with Gasteiger partial charge in [-0.3, -0.25) is 9.59 Å². The topological polar surface area (TPSA) is 58.6 Å². The zero-order valence-corrected chi connectivity index (χ0v) is 13.5. The second-order valence-corrected chi connectivity index (χ2v) is 11.9. The average molecular weight is 286 g/mol. The summed E-state index contributed by atoms with van der Waals surface area (Å²) in [6.07, 6.45) is 1.19. The first-order chi connectivity index (χ1) is 8.83. The first kappa shape index (κ1) is 16.2. The molecule has 0 aromatic carbocycles. The van der Waals surface area contributed by atoms with E-state index < -0.39 is 14.1 Å². The number of carbonyl (C=O) groups excluding carboxylic acids is 2. The van der Waals surface area contributed by atoms with E-state index in [2.05, 4.69) is 29.7 Å². The van der Waals surface area contributed by atoms with E-state index in [1.54, 1.807) is 0 Å². The zero-order valence-electron chi connectivity index (χ0n) is 12.5. The van der Waals surface area contributed by atoms with E-state index in [1.807, 2.05) is 4.90 Å². The maximum Gasteiger partial charge on any atom is 0.307 e. The fourth-order valence-corrected chi connectivity index (χ4v) is 3.44. The van der Waals surface area contributed by atoms with Crippen LogP contribution in [0.2, 0.25) is 25.7 Å². The number of piperazine rings is 1. The third-order valence-corrected chi connectivity index (χ3v) is 5.19. The number of methoxy groups -OCH3 is 1. The van der Waals surface area contributed by atoms with Gasteiger partial charge in [0.15, 0.2) is 0 Å². The highest BCUT2D eigenvalue weighted by Crippen LogP contribution is 2.13. The van der Waals surface area contributed by atoms with Crippen LogP contribution in [0.15, 0.2) is 0 Å². The van der Waals surface area contributed by atoms with E-state index in [-0.39, 0.29) is 18.3 Å². The summed E-state index contributed by atoms with van der Waals surface area (Å²) in [6, 6.07) is 0.819. The van der Waals surface area contributed by atoms with E-state index in [4.69, 9.17) is 0 Å². The molecule has 5 nitrogen and oxygen atoms in total. The molecule has 0 spiro atoms. The lowest BCUT2D eigenvalue weighted by molar-refractivity contribution is -0.146. The Morgan fingerprint density at radius 3 is 2.74 bits per heavy atom. The Morgan fingerprint density at radius 1 is 1.47 bits per heavy atom. The molecule has 110 valence electrons. The molecule has 1 aliphatic rings. The number of rotatable bonds is 6. The molecular formula is C13H26N2O3Si. The van der Waals surface area contributed by atoms with Crippen LogP contribution < -0.4 is 5.32 Å². The van der Waals surface area contributed by atoms with Crippen molar-refractivity contribution in [3.8, 4) is 0 Å². The predicted octanol–water partition coefficient (Wildman–Crippen LogP) is 1.08. The third-order valence-electron chi connectivity index (χ3n) is 3.34. The number of nitrogens with one attached hydrogen (secondary N) is 1. The largest absolute Gasteiger partial charge is 0.469 e. The summed E-state index contributed by atoms with van der Waals surface area (Å²) in [4.78, 5) is 25.3. The monoisotopic (exact) mass is 286 g/mol. The molecule has 6 heteroatoms. The standard InChI is InChI=1S/C13H26N2O3Si/c1-18-12(16)10-11-13(17)15(8-6-14-11)7-5-9-19(2,3)4/h11,14H,5-10H2,1-4H3. The van der Waals surface area contributed by atoms with Gasteiger partial charge >= 0.3 is 5.97 Å². The van der Waals surface area contributed by atoms with Gasteiger partial charge in [-0.25, -0.2) is 0 Å². The highest BCUT2D eigenvalue weighted by atomic mass is 28.3. The van der Waals surface area contributed by atoms with Crippen LogP contribution >= 0.6 is 0 Å². The summed E-state index contributed by atoms with van der Waals surface area (Å²) in [5.74, 6) is -0.304. The van der Waals surface area contributed by atoms with Gasteiger partial charge in [-0.05, 0) is 6.42 Å². The Kier molecular flexibility index (Phi) is 6.00. The van der Waals surface area contributed by atoms with Crippen LogP contribution in [-0.2, 0) is 14.3 Å². The number of nitrogens with zero attached hydrogens (tertiary/aromatic N) is 1. The van der Waals surface area contributed by atoms with Gasteiger partial charge in [0.2, 0.25) is 5.91 Å². The minimum atomic E-state index is -1.04. The van der Waals surface area contributed by atoms with Crippen molar-refractivity contribution in [2.75, 3.05) is 26.7 Å². The summed E-state index contributed by atoms with van der Waals surface area (Å²) in [5.41, 5.74) is 0. The van der Waals surface area contributed by atoms with Gasteiger partial charge in [0.1, 0.15) is 0 Å². The summed E-state index contributed by atoms with van der Waals surface area (Å²) in [7, 11) is 0.308. The van der Waals surface area contributed by atoms with Crippen LogP contribution in [0.25, 0.3) is 0 Å². The molecule has 1 N–H and O–H groups in total. The fourth-order valence-electron chi connectivity index (χ4n) is 2.22. The molecule has 0 aromatic rings. The number of hydrogen-bond acceptors (Lipinski definition) is 4. The first-order valence-electron chi connectivity index (χ1n) is 6.92. The molecular weight excluding hydrogens is 260 g/mol. The van der Waals surface area contributed by atoms with Gasteiger partial charge in [-0.15, -0.1) is 0 Å². The lowest BCUT2D eigenvalue weighted by Gasteiger charge is -2.33. The van der Waals surface area contributed by atoms with Crippen LogP contribution in [-0.4, -0.2) is 57.6 Å². The summed E-state index contributed by atoms with van der Waals surface area (Å²) in [6.45, 7) is 9.32. The van der Waals surface area contributed by atoms with E-state index in [9.17, 15) is 9.59 Å². The molecule has 0 aromatic heterocycles. The molecule has 1 amide bonds. The first-order valence-corrected chi connectivity index (χ1v) is 10.6. The van der Waals surface area contributed by atoms with Gasteiger partial charge in [0, 0.05) is 27.7 Å². The van der Waals surface area contributed by atoms with Crippen LogP contribution in [0.3, 0.4) is 0 Å². The lowest BCUT2D eigenvalue weighted by atomic mass is 10.1. The number of hydrogen-bond donors (Lipinski definition) is 1. The van der Waals surface area contributed by atoms with Crippen molar-refractivity contribution in [3.05, 3.63) is 0 Å². The molecule has 1 aliphatic heterocycles. The van der Waals surface area contributed by atoms with Crippen molar-refractivity contribution in [1.29, 1.82) is 0 Å². The second kappa shape index (κ2) is 7.05. The van der Waals surface area contributed by atoms with E-state index >= 15 is 0 Å². The minimum Gasteiger partial charge on any atom is -0.469 e. The summed E-state index contributed by atoms with van der Waals surface area (Å²) >= 11 is 0. The number of carbonyl (C=O) groups is 2. The Balaban J connectivity index is 2.42. The molecule has 1 heterocycles. The number of amides is 1. The van der Waals surface area contributed by atoms with E-state index in [0.29, 0.717) is 0 Å². The highest BCUT2D eigenvalue weighted by Gasteiger charge is 2.30. The van der Waals surface area contributed by atoms with Crippen LogP contribution in [0.4, 0.5) is 0 Å². The second-order valence-electron chi connectivity index (χ2n) is 6.28.